The summed E-state index contributed by atoms with van der Waals surface area (Å²) in [7, 11) is -2.29. The minimum absolute atomic E-state index is 0.0715. The molecule has 0 saturated carbocycles. The molecule has 5 heterocycles. The van der Waals surface area contributed by atoms with E-state index >= 15 is 8.78 Å². The number of benzene rings is 2. The second-order valence-corrected chi connectivity index (χ2v) is 21.1. The van der Waals surface area contributed by atoms with Gasteiger partial charge in [-0.05, 0) is 66.5 Å². The number of aromatic hydroxyl groups is 1. The fourth-order valence-electron chi connectivity index (χ4n) is 9.08. The average Bonchev–Trinajstić information content (AvgIpc) is 3.54. The highest BCUT2D eigenvalue weighted by molar-refractivity contribution is 6.90. The third-order valence-corrected chi connectivity index (χ3v) is 17.8. The molecule has 7 rings (SSSR count). The average molecular weight is 720 g/mol. The number of hydrogen-bond donors (Lipinski definition) is 1. The van der Waals surface area contributed by atoms with Crippen molar-refractivity contribution in [3.05, 3.63) is 47.2 Å². The molecule has 1 unspecified atom stereocenters. The summed E-state index contributed by atoms with van der Waals surface area (Å²) in [5, 5.41) is 11.9. The minimum Gasteiger partial charge on any atom is -0.508 e. The van der Waals surface area contributed by atoms with Crippen molar-refractivity contribution in [1.29, 1.82) is 0 Å². The van der Waals surface area contributed by atoms with Gasteiger partial charge in [0.15, 0.2) is 12.1 Å². The van der Waals surface area contributed by atoms with Crippen LogP contribution in [0.15, 0.2) is 24.3 Å². The van der Waals surface area contributed by atoms with Crippen molar-refractivity contribution in [3.8, 4) is 34.5 Å². The fourth-order valence-corrected chi connectivity index (χ4v) is 14.3. The molecule has 2 aromatic carbocycles. The Kier molecular flexibility index (Phi) is 8.98. The number of aryl methyl sites for hydroxylation is 1. The summed E-state index contributed by atoms with van der Waals surface area (Å²) in [5.74, 6) is 1.83. The largest absolute Gasteiger partial charge is 0.508 e. The van der Waals surface area contributed by atoms with E-state index in [1.54, 1.807) is 6.92 Å². The summed E-state index contributed by atoms with van der Waals surface area (Å²) in [6.45, 7) is 16.0. The Morgan fingerprint density at radius 3 is 2.37 bits per heavy atom. The van der Waals surface area contributed by atoms with Crippen LogP contribution in [-0.2, 0) is 0 Å². The highest BCUT2D eigenvalue weighted by Gasteiger charge is 2.49. The number of phenols is 1. The fraction of sp³-hybridized carbons (Fsp3) is 0.513. The molecule has 0 radical (unpaired) electrons. The molecule has 4 aromatic rings. The van der Waals surface area contributed by atoms with Crippen LogP contribution < -0.4 is 9.64 Å². The van der Waals surface area contributed by atoms with E-state index in [2.05, 4.69) is 72.9 Å². The number of aromatic nitrogens is 3. The molecule has 0 amide bonds. The molecule has 0 spiro atoms. The van der Waals surface area contributed by atoms with E-state index < -0.39 is 37.7 Å². The maximum absolute atomic E-state index is 17.1. The zero-order valence-electron chi connectivity index (χ0n) is 30.2. The lowest BCUT2D eigenvalue weighted by Crippen LogP contribution is -2.43. The van der Waals surface area contributed by atoms with Gasteiger partial charge in [0.05, 0.1) is 28.7 Å². The van der Waals surface area contributed by atoms with Crippen LogP contribution in [0, 0.1) is 30.0 Å². The lowest BCUT2D eigenvalue weighted by Gasteiger charge is -2.38. The van der Waals surface area contributed by atoms with Crippen LogP contribution in [0.4, 0.5) is 23.4 Å². The summed E-state index contributed by atoms with van der Waals surface area (Å²) >= 11 is 0. The number of rotatable bonds is 8. The topological polar surface area (TPSA) is 74.4 Å². The Morgan fingerprint density at radius 1 is 1.00 bits per heavy atom. The predicted octanol–water partition coefficient (Wildman–Crippen LogP) is 8.78. The van der Waals surface area contributed by atoms with E-state index in [1.165, 1.54) is 29.2 Å². The van der Waals surface area contributed by atoms with Crippen molar-refractivity contribution in [2.45, 2.75) is 102 Å². The first-order valence-corrected chi connectivity index (χ1v) is 20.2. The van der Waals surface area contributed by atoms with Gasteiger partial charge in [0.1, 0.15) is 49.4 Å². The SMILES string of the molecule is Cc1nc(-c2cc(O)cc3ccc(F)c(C#C[Si](C(C)C)(C(C)C)C(C)C)c23)c(F)c2nc(OC[C@@]34CCCN3C[C@H](F)C4)nc(N3CC3F)c12. The molecule has 1 N–H and O–H groups in total. The Morgan fingerprint density at radius 2 is 1.71 bits per heavy atom. The number of halogens is 4. The third kappa shape index (κ3) is 5.90. The molecule has 270 valence electrons. The number of phenolic OH excluding ortho intramolecular Hbond substituents is 1. The molecule has 2 aromatic heterocycles. The standard InChI is InChI=1S/C39H45F4N5O2Si/c1-21(2)51(22(3)4,23(5)6)14-11-28-30(41)10-9-25-15-27(49)16-29(33(25)28)35-34(43)36-32(24(7)44-35)37(48-19-31(48)42)46-38(45-36)50-20-39-12-8-13-47(39)18-26(40)17-39/h9-10,15-16,21-23,26,31,49H,8,12-13,17-20H2,1-7H3/t26-,31?,39+,48?/m1/s1. The number of alkyl halides is 2. The summed E-state index contributed by atoms with van der Waals surface area (Å²) in [6.07, 6.45) is -0.260. The van der Waals surface area contributed by atoms with Crippen molar-refractivity contribution in [1.82, 2.24) is 19.9 Å². The van der Waals surface area contributed by atoms with Crippen molar-refractivity contribution in [2.75, 3.05) is 31.1 Å². The molecule has 3 aliphatic heterocycles. The van der Waals surface area contributed by atoms with Gasteiger partial charge in [-0.3, -0.25) is 4.90 Å². The highest BCUT2D eigenvalue weighted by atomic mass is 28.3. The molecule has 3 atom stereocenters. The first-order chi connectivity index (χ1) is 24.2. The van der Waals surface area contributed by atoms with E-state index in [9.17, 15) is 13.9 Å². The molecular formula is C39H45F4N5O2Si. The summed E-state index contributed by atoms with van der Waals surface area (Å²) < 4.78 is 68.1. The Hall–Kier alpha value is -3.95. The number of anilines is 1. The quantitative estimate of drug-likeness (QED) is 0.0642. The van der Waals surface area contributed by atoms with Crippen LogP contribution in [0.25, 0.3) is 32.9 Å². The summed E-state index contributed by atoms with van der Waals surface area (Å²) in [6, 6.07) is 5.57. The molecule has 3 aliphatic rings. The second kappa shape index (κ2) is 12.9. The lowest BCUT2D eigenvalue weighted by molar-refractivity contribution is 0.107. The van der Waals surface area contributed by atoms with Crippen molar-refractivity contribution < 1.29 is 27.4 Å². The van der Waals surface area contributed by atoms with Gasteiger partial charge in [-0.15, -0.1) is 5.54 Å². The van der Waals surface area contributed by atoms with Crippen LogP contribution in [0.5, 0.6) is 11.8 Å². The van der Waals surface area contributed by atoms with E-state index in [0.717, 1.165) is 19.4 Å². The molecular weight excluding hydrogens is 675 g/mol. The van der Waals surface area contributed by atoms with Gasteiger partial charge in [0, 0.05) is 23.9 Å². The van der Waals surface area contributed by atoms with E-state index in [1.807, 2.05) is 0 Å². The zero-order chi connectivity index (χ0) is 36.6. The summed E-state index contributed by atoms with van der Waals surface area (Å²) in [4.78, 5) is 17.1. The predicted molar refractivity (Wildman–Crippen MR) is 195 cm³/mol. The highest BCUT2D eigenvalue weighted by Crippen LogP contribution is 2.44. The Labute approximate surface area is 297 Å². The van der Waals surface area contributed by atoms with E-state index in [4.69, 9.17) is 4.74 Å². The van der Waals surface area contributed by atoms with Gasteiger partial charge in [-0.1, -0.05) is 53.5 Å². The number of hydrogen-bond acceptors (Lipinski definition) is 7. The van der Waals surface area contributed by atoms with Crippen LogP contribution in [0.2, 0.25) is 16.6 Å². The number of nitrogens with zero attached hydrogens (tertiary/aromatic N) is 5. The third-order valence-electron chi connectivity index (χ3n) is 11.6. The Bertz CT molecular complexity index is 2080. The zero-order valence-corrected chi connectivity index (χ0v) is 31.2. The molecule has 3 saturated heterocycles. The van der Waals surface area contributed by atoms with Gasteiger partial charge in [-0.25, -0.2) is 22.5 Å². The first kappa shape index (κ1) is 35.4. The first-order valence-electron chi connectivity index (χ1n) is 18.0. The van der Waals surface area contributed by atoms with Crippen LogP contribution in [0.3, 0.4) is 0 Å². The minimum atomic E-state index is -2.29. The normalized spacial score (nSPS) is 22.0. The molecule has 0 aliphatic carbocycles. The molecule has 7 nitrogen and oxygen atoms in total. The molecule has 0 bridgehead atoms. The van der Waals surface area contributed by atoms with Crippen molar-refractivity contribution >= 4 is 35.6 Å². The Balaban J connectivity index is 1.41. The maximum Gasteiger partial charge on any atom is 0.319 e. The van der Waals surface area contributed by atoms with Gasteiger partial charge in [-0.2, -0.15) is 9.97 Å². The van der Waals surface area contributed by atoms with E-state index in [-0.39, 0.29) is 58.5 Å². The monoisotopic (exact) mass is 719 g/mol. The number of pyridine rings is 1. The van der Waals surface area contributed by atoms with Crippen molar-refractivity contribution in [2.24, 2.45) is 0 Å². The second-order valence-electron chi connectivity index (χ2n) is 15.5. The number of fused-ring (bicyclic) bond motifs is 3. The van der Waals surface area contributed by atoms with Gasteiger partial charge in [0.25, 0.3) is 0 Å². The van der Waals surface area contributed by atoms with Gasteiger partial charge < -0.3 is 14.7 Å². The lowest BCUT2D eigenvalue weighted by atomic mass is 9.95. The van der Waals surface area contributed by atoms with Crippen LogP contribution >= 0.6 is 0 Å². The van der Waals surface area contributed by atoms with E-state index in [0.29, 0.717) is 46.1 Å². The van der Waals surface area contributed by atoms with Crippen molar-refractivity contribution in [3.63, 3.8) is 0 Å². The molecule has 3 fully saturated rings. The van der Waals surface area contributed by atoms with Crippen LogP contribution in [-0.4, -0.2) is 77.3 Å². The molecule has 12 heteroatoms. The summed E-state index contributed by atoms with van der Waals surface area (Å²) in [5.41, 5.74) is 4.28. The smallest absolute Gasteiger partial charge is 0.319 e. The maximum atomic E-state index is 17.1. The van der Waals surface area contributed by atoms with Crippen LogP contribution in [0.1, 0.15) is 72.1 Å². The number of ether oxygens (including phenoxy) is 1. The van der Waals surface area contributed by atoms with Gasteiger partial charge in [0.2, 0.25) is 0 Å². The van der Waals surface area contributed by atoms with Gasteiger partial charge >= 0.3 is 6.01 Å². The molecule has 51 heavy (non-hydrogen) atoms.